The van der Waals surface area contributed by atoms with E-state index in [0.717, 1.165) is 17.1 Å². The Labute approximate surface area is 187 Å². The molecule has 0 aliphatic carbocycles. The number of ether oxygens (including phenoxy) is 1. The minimum Gasteiger partial charge on any atom is -0.497 e. The quantitative estimate of drug-likeness (QED) is 0.535. The van der Waals surface area contributed by atoms with Crippen LogP contribution in [0.3, 0.4) is 0 Å². The van der Waals surface area contributed by atoms with Crippen molar-refractivity contribution in [3.8, 4) is 17.0 Å². The van der Waals surface area contributed by atoms with Crippen LogP contribution in [-0.2, 0) is 4.79 Å². The lowest BCUT2D eigenvalue weighted by Crippen LogP contribution is -2.49. The van der Waals surface area contributed by atoms with E-state index in [1.807, 2.05) is 41.3 Å². The van der Waals surface area contributed by atoms with E-state index < -0.39 is 0 Å². The molecule has 0 N–H and O–H groups in total. The molecule has 164 valence electrons. The van der Waals surface area contributed by atoms with Crippen molar-refractivity contribution in [3.63, 3.8) is 0 Å². The van der Waals surface area contributed by atoms with Crippen LogP contribution in [0.5, 0.6) is 5.75 Å². The lowest BCUT2D eigenvalue weighted by Gasteiger charge is -2.35. The van der Waals surface area contributed by atoms with E-state index in [2.05, 4.69) is 14.9 Å². The molecule has 1 amide bonds. The van der Waals surface area contributed by atoms with Crippen LogP contribution in [0.15, 0.2) is 67.0 Å². The number of carbonyl (C=O) groups is 2. The van der Waals surface area contributed by atoms with Gasteiger partial charge in [-0.2, -0.15) is 0 Å². The van der Waals surface area contributed by atoms with Crippen LogP contribution in [0.25, 0.3) is 11.3 Å². The molecule has 1 aromatic heterocycles. The monoisotopic (exact) mass is 430 g/mol. The van der Waals surface area contributed by atoms with Gasteiger partial charge in [0.2, 0.25) is 5.91 Å². The summed E-state index contributed by atoms with van der Waals surface area (Å²) in [5.41, 5.74) is 2.53. The number of carbonyl (C=O) groups excluding carboxylic acids is 2. The molecule has 7 heteroatoms. The van der Waals surface area contributed by atoms with Crippen LogP contribution in [0.4, 0.5) is 5.82 Å². The summed E-state index contributed by atoms with van der Waals surface area (Å²) in [7, 11) is 1.59. The van der Waals surface area contributed by atoms with E-state index in [0.29, 0.717) is 37.5 Å². The van der Waals surface area contributed by atoms with Gasteiger partial charge in [-0.1, -0.05) is 30.3 Å². The van der Waals surface area contributed by atoms with E-state index in [9.17, 15) is 9.59 Å². The van der Waals surface area contributed by atoms with Crippen LogP contribution in [0.2, 0.25) is 0 Å². The average Bonchev–Trinajstić information content (AvgIpc) is 2.88. The standard InChI is InChI=1S/C25H26N4O3/c1-32-21-9-7-20(8-10-21)23(30)11-12-25(31)29-15-13-28(14-16-29)24-17-22(26-18-27-24)19-5-3-2-4-6-19/h2-10,17-18H,11-16H2,1H3. The zero-order chi connectivity index (χ0) is 22.3. The molecule has 4 rings (SSSR count). The summed E-state index contributed by atoms with van der Waals surface area (Å²) in [5.74, 6) is 1.55. The van der Waals surface area contributed by atoms with E-state index in [1.165, 1.54) is 0 Å². The summed E-state index contributed by atoms with van der Waals surface area (Å²) in [4.78, 5) is 37.8. The van der Waals surface area contributed by atoms with Crippen LogP contribution in [0.1, 0.15) is 23.2 Å². The maximum atomic E-state index is 12.6. The molecule has 32 heavy (non-hydrogen) atoms. The molecule has 1 fully saturated rings. The number of benzene rings is 2. The summed E-state index contributed by atoms with van der Waals surface area (Å²) in [5, 5.41) is 0. The van der Waals surface area contributed by atoms with Gasteiger partial charge in [0, 0.05) is 56.2 Å². The summed E-state index contributed by atoms with van der Waals surface area (Å²) >= 11 is 0. The number of rotatable bonds is 7. The Morgan fingerprint density at radius 3 is 2.31 bits per heavy atom. The highest BCUT2D eigenvalue weighted by molar-refractivity contribution is 5.98. The molecular formula is C25H26N4O3. The van der Waals surface area contributed by atoms with Crippen molar-refractivity contribution < 1.29 is 14.3 Å². The van der Waals surface area contributed by atoms with Crippen molar-refractivity contribution in [2.45, 2.75) is 12.8 Å². The number of methoxy groups -OCH3 is 1. The lowest BCUT2D eigenvalue weighted by molar-refractivity contribution is -0.131. The molecule has 7 nitrogen and oxygen atoms in total. The molecule has 0 saturated carbocycles. The first-order valence-electron chi connectivity index (χ1n) is 10.7. The minimum atomic E-state index is -0.0333. The molecular weight excluding hydrogens is 404 g/mol. The first-order valence-corrected chi connectivity index (χ1v) is 10.7. The molecule has 0 atom stereocenters. The van der Waals surface area contributed by atoms with Gasteiger partial charge >= 0.3 is 0 Å². The van der Waals surface area contributed by atoms with Gasteiger partial charge in [0.25, 0.3) is 0 Å². The van der Waals surface area contributed by atoms with Gasteiger partial charge in [-0.3, -0.25) is 9.59 Å². The Kier molecular flexibility index (Phi) is 6.75. The van der Waals surface area contributed by atoms with Crippen LogP contribution >= 0.6 is 0 Å². The Morgan fingerprint density at radius 1 is 0.906 bits per heavy atom. The zero-order valence-corrected chi connectivity index (χ0v) is 18.1. The lowest BCUT2D eigenvalue weighted by atomic mass is 10.1. The van der Waals surface area contributed by atoms with Crippen LogP contribution < -0.4 is 9.64 Å². The predicted molar refractivity (Wildman–Crippen MR) is 123 cm³/mol. The molecule has 2 heterocycles. The van der Waals surface area contributed by atoms with Crippen molar-refractivity contribution >= 4 is 17.5 Å². The van der Waals surface area contributed by atoms with Gasteiger partial charge in [0.1, 0.15) is 17.9 Å². The fraction of sp³-hybridized carbons (Fsp3) is 0.280. The van der Waals surface area contributed by atoms with Gasteiger partial charge in [-0.05, 0) is 24.3 Å². The van der Waals surface area contributed by atoms with Crippen molar-refractivity contribution in [3.05, 3.63) is 72.6 Å². The summed E-state index contributed by atoms with van der Waals surface area (Å²) in [6.07, 6.45) is 2.01. The highest BCUT2D eigenvalue weighted by Gasteiger charge is 2.23. The average molecular weight is 431 g/mol. The smallest absolute Gasteiger partial charge is 0.223 e. The number of ketones is 1. The summed E-state index contributed by atoms with van der Waals surface area (Å²) in [6, 6.07) is 19.0. The Hall–Kier alpha value is -3.74. The van der Waals surface area contributed by atoms with Crippen molar-refractivity contribution in [1.82, 2.24) is 14.9 Å². The molecule has 0 bridgehead atoms. The Morgan fingerprint density at radius 2 is 1.62 bits per heavy atom. The van der Waals surface area contributed by atoms with Crippen LogP contribution in [-0.4, -0.2) is 59.8 Å². The van der Waals surface area contributed by atoms with E-state index >= 15 is 0 Å². The molecule has 0 radical (unpaired) electrons. The number of piperazine rings is 1. The van der Waals surface area contributed by atoms with Crippen molar-refractivity contribution in [1.29, 1.82) is 0 Å². The zero-order valence-electron chi connectivity index (χ0n) is 18.1. The highest BCUT2D eigenvalue weighted by atomic mass is 16.5. The van der Waals surface area contributed by atoms with E-state index in [4.69, 9.17) is 4.74 Å². The van der Waals surface area contributed by atoms with E-state index in [1.54, 1.807) is 37.7 Å². The third-order valence-corrected chi connectivity index (χ3v) is 5.66. The fourth-order valence-electron chi connectivity index (χ4n) is 3.77. The first kappa shape index (κ1) is 21.5. The number of nitrogens with zero attached hydrogens (tertiary/aromatic N) is 4. The fourth-order valence-corrected chi connectivity index (χ4v) is 3.77. The molecule has 0 unspecified atom stereocenters. The van der Waals surface area contributed by atoms with Gasteiger partial charge in [0.05, 0.1) is 12.8 Å². The van der Waals surface area contributed by atoms with Gasteiger partial charge in [-0.15, -0.1) is 0 Å². The molecule has 3 aromatic rings. The molecule has 1 aliphatic heterocycles. The second-order valence-corrected chi connectivity index (χ2v) is 7.65. The normalized spacial score (nSPS) is 13.7. The maximum absolute atomic E-state index is 12.6. The highest BCUT2D eigenvalue weighted by Crippen LogP contribution is 2.21. The van der Waals surface area contributed by atoms with Gasteiger partial charge < -0.3 is 14.5 Å². The maximum Gasteiger partial charge on any atom is 0.223 e. The Bertz CT molecular complexity index is 1060. The largest absolute Gasteiger partial charge is 0.497 e. The second kappa shape index (κ2) is 10.0. The van der Waals surface area contributed by atoms with Crippen molar-refractivity contribution in [2.24, 2.45) is 0 Å². The SMILES string of the molecule is COc1ccc(C(=O)CCC(=O)N2CCN(c3cc(-c4ccccc4)ncn3)CC2)cc1. The summed E-state index contributed by atoms with van der Waals surface area (Å²) < 4.78 is 5.11. The number of hydrogen-bond donors (Lipinski definition) is 0. The first-order chi connectivity index (χ1) is 15.6. The summed E-state index contributed by atoms with van der Waals surface area (Å²) in [6.45, 7) is 2.62. The van der Waals surface area contributed by atoms with Crippen LogP contribution in [0, 0.1) is 0 Å². The second-order valence-electron chi connectivity index (χ2n) is 7.65. The van der Waals surface area contributed by atoms with Crippen molar-refractivity contribution in [2.75, 3.05) is 38.2 Å². The predicted octanol–water partition coefficient (Wildman–Crippen LogP) is 3.46. The topological polar surface area (TPSA) is 75.6 Å². The van der Waals surface area contributed by atoms with Gasteiger partial charge in [-0.25, -0.2) is 9.97 Å². The number of anilines is 1. The third-order valence-electron chi connectivity index (χ3n) is 5.66. The molecule has 2 aromatic carbocycles. The molecule has 1 aliphatic rings. The molecule has 0 spiro atoms. The van der Waals surface area contributed by atoms with E-state index in [-0.39, 0.29) is 24.5 Å². The number of hydrogen-bond acceptors (Lipinski definition) is 6. The Balaban J connectivity index is 1.29. The minimum absolute atomic E-state index is 0.0131. The molecule has 1 saturated heterocycles. The number of Topliss-reactive ketones (excluding diaryl/α,β-unsaturated/α-hetero) is 1. The third kappa shape index (κ3) is 5.11. The van der Waals surface area contributed by atoms with Gasteiger partial charge in [0.15, 0.2) is 5.78 Å². The number of amides is 1. The number of aromatic nitrogens is 2.